The Morgan fingerprint density at radius 2 is 2.00 bits per heavy atom. The van der Waals surface area contributed by atoms with Crippen molar-refractivity contribution in [2.75, 3.05) is 25.1 Å². The summed E-state index contributed by atoms with van der Waals surface area (Å²) >= 11 is 0. The lowest BCUT2D eigenvalue weighted by Gasteiger charge is -2.25. The second-order valence-electron chi connectivity index (χ2n) is 7.16. The molecule has 7 heteroatoms. The number of aliphatic hydroxyl groups excluding tert-OH is 1. The van der Waals surface area contributed by atoms with Crippen LogP contribution in [0.5, 0.6) is 11.5 Å². The maximum Gasteiger partial charge on any atom is 0.224 e. The molecule has 2 rings (SSSR count). The summed E-state index contributed by atoms with van der Waals surface area (Å²) in [5.74, 6) is 1.23. The maximum atomic E-state index is 11.7. The van der Waals surface area contributed by atoms with Crippen molar-refractivity contribution >= 4 is 24.0 Å². The first-order valence-electron chi connectivity index (χ1n) is 8.55. The molecule has 1 amide bonds. The van der Waals surface area contributed by atoms with E-state index < -0.39 is 6.10 Å². The molecule has 3 N–H and O–H groups in total. The van der Waals surface area contributed by atoms with Gasteiger partial charge in [-0.05, 0) is 39.3 Å². The number of benzene rings is 1. The lowest BCUT2D eigenvalue weighted by atomic mass is 10.0. The average Bonchev–Trinajstić information content (AvgIpc) is 2.55. The van der Waals surface area contributed by atoms with E-state index in [0.29, 0.717) is 43.2 Å². The SMILES string of the molecule is C=CCOc1ccc(OCC(O)CNC(C)(C)C)c2c1NC(=O)CC2.Cl. The second-order valence-corrected chi connectivity index (χ2v) is 7.16. The van der Waals surface area contributed by atoms with Gasteiger partial charge in [0.15, 0.2) is 0 Å². The zero-order chi connectivity index (χ0) is 18.4. The molecule has 6 nitrogen and oxygen atoms in total. The minimum atomic E-state index is -0.621. The average molecular weight is 385 g/mol. The highest BCUT2D eigenvalue weighted by Crippen LogP contribution is 2.38. The Bertz CT molecular complexity index is 629. The topological polar surface area (TPSA) is 79.8 Å². The maximum absolute atomic E-state index is 11.7. The number of anilines is 1. The van der Waals surface area contributed by atoms with Gasteiger partial charge in [-0.1, -0.05) is 12.7 Å². The van der Waals surface area contributed by atoms with Gasteiger partial charge in [0, 0.05) is 24.1 Å². The van der Waals surface area contributed by atoms with Gasteiger partial charge in [0.25, 0.3) is 0 Å². The molecule has 146 valence electrons. The van der Waals surface area contributed by atoms with Gasteiger partial charge in [-0.25, -0.2) is 0 Å². The fraction of sp³-hybridized carbons (Fsp3) is 0.526. The van der Waals surface area contributed by atoms with E-state index in [1.165, 1.54) is 0 Å². The smallest absolute Gasteiger partial charge is 0.224 e. The van der Waals surface area contributed by atoms with E-state index in [0.717, 1.165) is 5.56 Å². The van der Waals surface area contributed by atoms with Crippen molar-refractivity contribution in [3.63, 3.8) is 0 Å². The number of ether oxygens (including phenoxy) is 2. The van der Waals surface area contributed by atoms with Crippen molar-refractivity contribution in [1.29, 1.82) is 0 Å². The van der Waals surface area contributed by atoms with Gasteiger partial charge in [0.2, 0.25) is 5.91 Å². The van der Waals surface area contributed by atoms with Gasteiger partial charge in [0.1, 0.15) is 30.8 Å². The van der Waals surface area contributed by atoms with Gasteiger partial charge in [-0.2, -0.15) is 0 Å². The molecule has 0 spiro atoms. The summed E-state index contributed by atoms with van der Waals surface area (Å²) in [5, 5.41) is 16.2. The Labute approximate surface area is 161 Å². The van der Waals surface area contributed by atoms with E-state index in [1.807, 2.05) is 26.8 Å². The Balaban J connectivity index is 0.00000338. The summed E-state index contributed by atoms with van der Waals surface area (Å²) in [4.78, 5) is 11.7. The molecule has 0 aromatic heterocycles. The molecule has 1 aliphatic rings. The molecule has 1 aliphatic heterocycles. The van der Waals surface area contributed by atoms with Crippen molar-refractivity contribution in [2.24, 2.45) is 0 Å². The Hall–Kier alpha value is -1.76. The monoisotopic (exact) mass is 384 g/mol. The molecular weight excluding hydrogens is 356 g/mol. The fourth-order valence-electron chi connectivity index (χ4n) is 2.51. The first-order chi connectivity index (χ1) is 11.8. The molecule has 0 bridgehead atoms. The summed E-state index contributed by atoms with van der Waals surface area (Å²) in [6, 6.07) is 3.59. The highest BCUT2D eigenvalue weighted by molar-refractivity contribution is 5.96. The highest BCUT2D eigenvalue weighted by Gasteiger charge is 2.23. The van der Waals surface area contributed by atoms with Crippen molar-refractivity contribution in [2.45, 2.75) is 45.3 Å². The number of halogens is 1. The molecule has 26 heavy (non-hydrogen) atoms. The van der Waals surface area contributed by atoms with Crippen molar-refractivity contribution < 1.29 is 19.4 Å². The number of hydrogen-bond donors (Lipinski definition) is 3. The van der Waals surface area contributed by atoms with E-state index in [-0.39, 0.29) is 30.5 Å². The molecule has 0 radical (unpaired) electrons. The number of β-amino-alcohol motifs (C(OH)–C–C–N with tert-alkyl or cyclic N) is 1. The van der Waals surface area contributed by atoms with Crippen LogP contribution in [0.25, 0.3) is 0 Å². The Kier molecular flexibility index (Phi) is 8.40. The van der Waals surface area contributed by atoms with Crippen LogP contribution in [0.15, 0.2) is 24.8 Å². The first kappa shape index (κ1) is 22.3. The molecule has 0 saturated heterocycles. The Morgan fingerprint density at radius 3 is 2.65 bits per heavy atom. The molecule has 1 aromatic carbocycles. The van der Waals surface area contributed by atoms with Crippen LogP contribution in [0.2, 0.25) is 0 Å². The van der Waals surface area contributed by atoms with Gasteiger partial charge in [-0.3, -0.25) is 4.79 Å². The number of rotatable bonds is 8. The van der Waals surface area contributed by atoms with E-state index in [9.17, 15) is 9.90 Å². The fourth-order valence-corrected chi connectivity index (χ4v) is 2.51. The number of carbonyl (C=O) groups is 1. The van der Waals surface area contributed by atoms with Crippen LogP contribution < -0.4 is 20.1 Å². The van der Waals surface area contributed by atoms with E-state index in [2.05, 4.69) is 17.2 Å². The van der Waals surface area contributed by atoms with E-state index in [4.69, 9.17) is 9.47 Å². The second kappa shape index (κ2) is 9.80. The van der Waals surface area contributed by atoms with E-state index in [1.54, 1.807) is 12.1 Å². The number of fused-ring (bicyclic) bond motifs is 1. The Morgan fingerprint density at radius 1 is 1.31 bits per heavy atom. The van der Waals surface area contributed by atoms with Crippen LogP contribution >= 0.6 is 12.4 Å². The third kappa shape index (κ3) is 6.52. The highest BCUT2D eigenvalue weighted by atomic mass is 35.5. The molecule has 0 fully saturated rings. The number of nitrogens with one attached hydrogen (secondary N) is 2. The van der Waals surface area contributed by atoms with Crippen LogP contribution in [-0.2, 0) is 11.2 Å². The third-order valence-electron chi connectivity index (χ3n) is 3.75. The predicted octanol–water partition coefficient (Wildman–Crippen LogP) is 2.69. The zero-order valence-electron chi connectivity index (χ0n) is 15.6. The van der Waals surface area contributed by atoms with Gasteiger partial charge in [0.05, 0.1) is 5.69 Å². The predicted molar refractivity (Wildman–Crippen MR) is 106 cm³/mol. The largest absolute Gasteiger partial charge is 0.490 e. The minimum Gasteiger partial charge on any atom is -0.490 e. The normalized spacial score (nSPS) is 14.5. The van der Waals surface area contributed by atoms with Crippen LogP contribution in [0.4, 0.5) is 5.69 Å². The molecule has 0 aliphatic carbocycles. The summed E-state index contributed by atoms with van der Waals surface area (Å²) in [6.07, 6.45) is 2.02. The third-order valence-corrected chi connectivity index (χ3v) is 3.75. The molecule has 1 unspecified atom stereocenters. The van der Waals surface area contributed by atoms with Crippen LogP contribution in [0, 0.1) is 0 Å². The van der Waals surface area contributed by atoms with Crippen molar-refractivity contribution in [1.82, 2.24) is 5.32 Å². The minimum absolute atomic E-state index is 0. The van der Waals surface area contributed by atoms with Crippen LogP contribution in [-0.4, -0.2) is 42.4 Å². The number of carbonyl (C=O) groups excluding carboxylic acids is 1. The van der Waals surface area contributed by atoms with Gasteiger partial charge < -0.3 is 25.2 Å². The van der Waals surface area contributed by atoms with Gasteiger partial charge in [-0.15, -0.1) is 12.4 Å². The quantitative estimate of drug-likeness (QED) is 0.600. The zero-order valence-corrected chi connectivity index (χ0v) is 16.4. The molecule has 0 saturated carbocycles. The number of hydrogen-bond acceptors (Lipinski definition) is 5. The van der Waals surface area contributed by atoms with Crippen LogP contribution in [0.3, 0.4) is 0 Å². The lowest BCUT2D eigenvalue weighted by molar-refractivity contribution is -0.116. The van der Waals surface area contributed by atoms with Crippen LogP contribution in [0.1, 0.15) is 32.8 Å². The number of amides is 1. The van der Waals surface area contributed by atoms with E-state index >= 15 is 0 Å². The molecule has 1 aromatic rings. The molecule has 1 heterocycles. The van der Waals surface area contributed by atoms with Crippen molar-refractivity contribution in [3.8, 4) is 11.5 Å². The van der Waals surface area contributed by atoms with Crippen molar-refractivity contribution in [3.05, 3.63) is 30.4 Å². The summed E-state index contributed by atoms with van der Waals surface area (Å²) in [7, 11) is 0. The first-order valence-corrected chi connectivity index (χ1v) is 8.55. The summed E-state index contributed by atoms with van der Waals surface area (Å²) in [6.45, 7) is 10.7. The summed E-state index contributed by atoms with van der Waals surface area (Å²) in [5.41, 5.74) is 1.49. The molecular formula is C19H29ClN2O4. The summed E-state index contributed by atoms with van der Waals surface area (Å²) < 4.78 is 11.4. The molecule has 1 atom stereocenters. The lowest BCUT2D eigenvalue weighted by Crippen LogP contribution is -2.42. The van der Waals surface area contributed by atoms with Gasteiger partial charge >= 0.3 is 0 Å². The number of aliphatic hydroxyl groups is 1. The standard InChI is InChI=1S/C19H28N2O4.ClH/c1-5-10-24-16-8-7-15(14-6-9-17(23)21-18(14)16)25-12-13(22)11-20-19(2,3)4;/h5,7-8,13,20,22H,1,6,9-12H2,2-4H3,(H,21,23);1H.